The standard InChI is InChI=1S/C23H26N4O/c1-16-3-8-21(23-22(16)18(13-24)15-26-23)27-11-9-19(10-12-27)25-14-17-4-6-20(28-2)7-5-17/h3-8,15,19,25-26H,9-12,14H2,1-2H3. The predicted octanol–water partition coefficient (Wildman–Crippen LogP) is 4.12. The van der Waals surface area contributed by atoms with Crippen molar-refractivity contribution in [1.82, 2.24) is 10.3 Å². The van der Waals surface area contributed by atoms with Crippen molar-refractivity contribution < 1.29 is 4.74 Å². The Morgan fingerprint density at radius 1 is 1.18 bits per heavy atom. The van der Waals surface area contributed by atoms with Gasteiger partial charge in [0.1, 0.15) is 11.8 Å². The van der Waals surface area contributed by atoms with Gasteiger partial charge in [-0.25, -0.2) is 0 Å². The molecule has 1 saturated heterocycles. The lowest BCUT2D eigenvalue weighted by Crippen LogP contribution is -2.42. The maximum Gasteiger partial charge on any atom is 0.118 e. The summed E-state index contributed by atoms with van der Waals surface area (Å²) >= 11 is 0. The Balaban J connectivity index is 1.39. The first-order valence-electron chi connectivity index (χ1n) is 9.81. The van der Waals surface area contributed by atoms with Crippen LogP contribution in [0.1, 0.15) is 29.5 Å². The molecule has 1 aliphatic rings. The molecule has 3 aromatic rings. The molecule has 1 aromatic heterocycles. The quantitative estimate of drug-likeness (QED) is 0.705. The maximum absolute atomic E-state index is 9.37. The first-order chi connectivity index (χ1) is 13.7. The Bertz CT molecular complexity index is 992. The molecule has 2 heterocycles. The summed E-state index contributed by atoms with van der Waals surface area (Å²) in [4.78, 5) is 5.76. The number of aryl methyl sites for hydroxylation is 1. The summed E-state index contributed by atoms with van der Waals surface area (Å²) in [5, 5.41) is 14.1. The molecule has 0 aliphatic carbocycles. The van der Waals surface area contributed by atoms with Gasteiger partial charge in [0.15, 0.2) is 0 Å². The predicted molar refractivity (Wildman–Crippen MR) is 113 cm³/mol. The number of rotatable bonds is 5. The number of nitrogens with one attached hydrogen (secondary N) is 2. The second kappa shape index (κ2) is 7.95. The van der Waals surface area contributed by atoms with Crippen molar-refractivity contribution in [3.8, 4) is 11.8 Å². The van der Waals surface area contributed by atoms with Crippen LogP contribution in [0.15, 0.2) is 42.6 Å². The normalized spacial score (nSPS) is 15.0. The number of aromatic nitrogens is 1. The molecule has 5 nitrogen and oxygen atoms in total. The van der Waals surface area contributed by atoms with E-state index in [0.717, 1.165) is 60.3 Å². The Morgan fingerprint density at radius 3 is 2.61 bits per heavy atom. The third kappa shape index (κ3) is 3.56. The molecule has 2 N–H and O–H groups in total. The van der Waals surface area contributed by atoms with Gasteiger partial charge in [-0.1, -0.05) is 18.2 Å². The van der Waals surface area contributed by atoms with Crippen LogP contribution < -0.4 is 15.0 Å². The van der Waals surface area contributed by atoms with E-state index in [1.165, 1.54) is 11.3 Å². The number of nitriles is 1. The Kier molecular flexibility index (Phi) is 5.23. The number of nitrogens with zero attached hydrogens (tertiary/aromatic N) is 2. The van der Waals surface area contributed by atoms with Gasteiger partial charge in [-0.3, -0.25) is 0 Å². The summed E-state index contributed by atoms with van der Waals surface area (Å²) in [6.07, 6.45) is 4.04. The van der Waals surface area contributed by atoms with Gasteiger partial charge < -0.3 is 19.9 Å². The molecule has 144 valence electrons. The van der Waals surface area contributed by atoms with Crippen molar-refractivity contribution in [2.24, 2.45) is 0 Å². The fourth-order valence-electron chi connectivity index (χ4n) is 4.09. The molecule has 28 heavy (non-hydrogen) atoms. The number of ether oxygens (including phenoxy) is 1. The average molecular weight is 374 g/mol. The lowest BCUT2D eigenvalue weighted by molar-refractivity contribution is 0.410. The zero-order chi connectivity index (χ0) is 19.5. The van der Waals surface area contributed by atoms with Crippen LogP contribution in [0.5, 0.6) is 5.75 Å². The number of benzene rings is 2. The molecule has 0 unspecified atom stereocenters. The van der Waals surface area contributed by atoms with Crippen LogP contribution in [-0.4, -0.2) is 31.2 Å². The largest absolute Gasteiger partial charge is 0.497 e. The van der Waals surface area contributed by atoms with Gasteiger partial charge >= 0.3 is 0 Å². The molecule has 0 spiro atoms. The zero-order valence-corrected chi connectivity index (χ0v) is 16.5. The van der Waals surface area contributed by atoms with Gasteiger partial charge in [0.25, 0.3) is 0 Å². The Labute approximate surface area is 165 Å². The van der Waals surface area contributed by atoms with E-state index in [0.29, 0.717) is 6.04 Å². The highest BCUT2D eigenvalue weighted by atomic mass is 16.5. The topological polar surface area (TPSA) is 64.1 Å². The first kappa shape index (κ1) is 18.4. The lowest BCUT2D eigenvalue weighted by atomic mass is 10.0. The van der Waals surface area contributed by atoms with Crippen LogP contribution in [-0.2, 0) is 6.54 Å². The lowest BCUT2D eigenvalue weighted by Gasteiger charge is -2.34. The van der Waals surface area contributed by atoms with Crippen molar-refractivity contribution >= 4 is 16.6 Å². The summed E-state index contributed by atoms with van der Waals surface area (Å²) in [6, 6.07) is 15.4. The van der Waals surface area contributed by atoms with E-state index >= 15 is 0 Å². The van der Waals surface area contributed by atoms with E-state index in [2.05, 4.69) is 52.5 Å². The van der Waals surface area contributed by atoms with E-state index < -0.39 is 0 Å². The fraction of sp³-hybridized carbons (Fsp3) is 0.348. The molecular formula is C23H26N4O. The van der Waals surface area contributed by atoms with Gasteiger partial charge in [0.2, 0.25) is 0 Å². The van der Waals surface area contributed by atoms with E-state index in [4.69, 9.17) is 4.74 Å². The van der Waals surface area contributed by atoms with Gasteiger partial charge in [-0.2, -0.15) is 5.26 Å². The van der Waals surface area contributed by atoms with E-state index in [1.54, 1.807) is 7.11 Å². The summed E-state index contributed by atoms with van der Waals surface area (Å²) in [5.74, 6) is 0.894. The molecule has 1 aliphatic heterocycles. The van der Waals surface area contributed by atoms with Crippen LogP contribution >= 0.6 is 0 Å². The van der Waals surface area contributed by atoms with Crippen molar-refractivity contribution in [1.29, 1.82) is 5.26 Å². The molecule has 1 fully saturated rings. The van der Waals surface area contributed by atoms with Crippen LogP contribution in [0.2, 0.25) is 0 Å². The number of fused-ring (bicyclic) bond motifs is 1. The third-order valence-corrected chi connectivity index (χ3v) is 5.73. The van der Waals surface area contributed by atoms with E-state index in [9.17, 15) is 5.26 Å². The minimum atomic E-state index is 0.526. The minimum absolute atomic E-state index is 0.526. The molecular weight excluding hydrogens is 348 g/mol. The van der Waals surface area contributed by atoms with Crippen molar-refractivity contribution in [3.63, 3.8) is 0 Å². The third-order valence-electron chi connectivity index (χ3n) is 5.73. The highest BCUT2D eigenvalue weighted by Crippen LogP contribution is 2.32. The molecule has 0 bridgehead atoms. The van der Waals surface area contributed by atoms with Crippen LogP contribution in [0.25, 0.3) is 10.9 Å². The van der Waals surface area contributed by atoms with Gasteiger partial charge in [0, 0.05) is 37.3 Å². The number of anilines is 1. The number of methoxy groups -OCH3 is 1. The second-order valence-electron chi connectivity index (χ2n) is 7.46. The second-order valence-corrected chi connectivity index (χ2v) is 7.46. The molecule has 4 rings (SSSR count). The molecule has 2 aromatic carbocycles. The number of hydrogen-bond acceptors (Lipinski definition) is 4. The van der Waals surface area contributed by atoms with Crippen molar-refractivity contribution in [2.45, 2.75) is 32.4 Å². The number of hydrogen-bond donors (Lipinski definition) is 2. The van der Waals surface area contributed by atoms with Gasteiger partial charge in [-0.15, -0.1) is 0 Å². The summed E-state index contributed by atoms with van der Waals surface area (Å²) in [7, 11) is 1.69. The van der Waals surface area contributed by atoms with Crippen molar-refractivity contribution in [3.05, 3.63) is 59.3 Å². The number of piperidine rings is 1. The smallest absolute Gasteiger partial charge is 0.118 e. The number of H-pyrrole nitrogens is 1. The zero-order valence-electron chi connectivity index (χ0n) is 16.5. The van der Waals surface area contributed by atoms with Gasteiger partial charge in [-0.05, 0) is 49.1 Å². The van der Waals surface area contributed by atoms with Gasteiger partial charge in [0.05, 0.1) is 23.9 Å². The molecule has 0 saturated carbocycles. The average Bonchev–Trinajstić information content (AvgIpc) is 3.18. The summed E-state index contributed by atoms with van der Waals surface area (Å²) in [6.45, 7) is 4.97. The maximum atomic E-state index is 9.37. The number of aromatic amines is 1. The van der Waals surface area contributed by atoms with E-state index in [-0.39, 0.29) is 0 Å². The fourth-order valence-corrected chi connectivity index (χ4v) is 4.09. The van der Waals surface area contributed by atoms with Crippen molar-refractivity contribution in [2.75, 3.05) is 25.1 Å². The minimum Gasteiger partial charge on any atom is -0.497 e. The first-order valence-corrected chi connectivity index (χ1v) is 9.81. The summed E-state index contributed by atoms with van der Waals surface area (Å²) < 4.78 is 5.22. The molecule has 0 atom stereocenters. The molecule has 0 radical (unpaired) electrons. The van der Waals surface area contributed by atoms with Crippen LogP contribution in [0.4, 0.5) is 5.69 Å². The highest BCUT2D eigenvalue weighted by Gasteiger charge is 2.21. The SMILES string of the molecule is COc1ccc(CNC2CCN(c3ccc(C)c4c(C#N)c[nH]c34)CC2)cc1. The molecule has 0 amide bonds. The van der Waals surface area contributed by atoms with Crippen LogP contribution in [0, 0.1) is 18.3 Å². The highest BCUT2D eigenvalue weighted by molar-refractivity contribution is 5.97. The molecule has 5 heteroatoms. The van der Waals surface area contributed by atoms with Crippen LogP contribution in [0.3, 0.4) is 0 Å². The van der Waals surface area contributed by atoms with E-state index in [1.807, 2.05) is 18.3 Å². The Hall–Kier alpha value is -2.97. The Morgan fingerprint density at radius 2 is 1.93 bits per heavy atom. The monoisotopic (exact) mass is 374 g/mol. The summed E-state index contributed by atoms with van der Waals surface area (Å²) in [5.41, 5.74) is 5.44.